The Labute approximate surface area is 174 Å². The summed E-state index contributed by atoms with van der Waals surface area (Å²) < 4.78 is 5.54. The number of amides is 2. The number of nitrogens with zero attached hydrogens (tertiary/aromatic N) is 1. The maximum Gasteiger partial charge on any atom is 0.409 e. The number of hydrogen-bond donors (Lipinski definition) is 2. The summed E-state index contributed by atoms with van der Waals surface area (Å²) in [6.45, 7) is 0.0638. The molecular weight excluding hydrogens is 380 g/mol. The Morgan fingerprint density at radius 1 is 0.933 bits per heavy atom. The van der Waals surface area contributed by atoms with Gasteiger partial charge in [0.05, 0.1) is 0 Å². The van der Waals surface area contributed by atoms with Crippen molar-refractivity contribution in [1.29, 1.82) is 0 Å². The summed E-state index contributed by atoms with van der Waals surface area (Å²) in [7, 11) is 1.52. The number of likely N-dealkylation sites (N-methyl/N-ethyl adjacent to an activating group) is 1. The minimum Gasteiger partial charge on any atom is -0.508 e. The summed E-state index contributed by atoms with van der Waals surface area (Å²) in [5, 5.41) is 12.0. The van der Waals surface area contributed by atoms with Gasteiger partial charge in [-0.2, -0.15) is 0 Å². The van der Waals surface area contributed by atoms with E-state index in [4.69, 9.17) is 4.74 Å². The van der Waals surface area contributed by atoms with E-state index in [9.17, 15) is 14.7 Å². The molecule has 0 aliphatic heterocycles. The van der Waals surface area contributed by atoms with E-state index in [0.29, 0.717) is 5.69 Å². The van der Waals surface area contributed by atoms with Crippen LogP contribution in [0.2, 0.25) is 0 Å². The van der Waals surface area contributed by atoms with Crippen LogP contribution in [0.1, 0.15) is 17.0 Å². The highest BCUT2D eigenvalue weighted by Gasteiger charge is 2.29. The van der Waals surface area contributed by atoms with Crippen molar-refractivity contribution in [2.45, 2.75) is 5.92 Å². The predicted molar refractivity (Wildman–Crippen MR) is 114 cm³/mol. The van der Waals surface area contributed by atoms with Crippen LogP contribution in [0.4, 0.5) is 10.5 Å². The van der Waals surface area contributed by atoms with Crippen LogP contribution in [0.15, 0.2) is 72.8 Å². The number of rotatable bonds is 5. The van der Waals surface area contributed by atoms with Crippen molar-refractivity contribution in [1.82, 2.24) is 4.90 Å². The fourth-order valence-corrected chi connectivity index (χ4v) is 3.73. The maximum atomic E-state index is 12.4. The highest BCUT2D eigenvalue weighted by Crippen LogP contribution is 2.44. The van der Waals surface area contributed by atoms with Crippen molar-refractivity contribution >= 4 is 17.7 Å². The molecule has 0 bridgehead atoms. The van der Waals surface area contributed by atoms with Crippen LogP contribution in [-0.4, -0.2) is 42.2 Å². The van der Waals surface area contributed by atoms with Gasteiger partial charge in [0.1, 0.15) is 18.9 Å². The molecule has 2 N–H and O–H groups in total. The van der Waals surface area contributed by atoms with Gasteiger partial charge in [0.15, 0.2) is 0 Å². The molecule has 2 amide bonds. The Morgan fingerprint density at radius 3 is 2.10 bits per heavy atom. The smallest absolute Gasteiger partial charge is 0.409 e. The molecule has 0 saturated carbocycles. The molecule has 0 fully saturated rings. The Morgan fingerprint density at radius 2 is 1.50 bits per heavy atom. The van der Waals surface area contributed by atoms with Crippen molar-refractivity contribution in [2.75, 3.05) is 25.5 Å². The predicted octanol–water partition coefficient (Wildman–Crippen LogP) is 4.21. The number of aromatic hydroxyl groups is 1. The molecule has 6 nitrogen and oxygen atoms in total. The van der Waals surface area contributed by atoms with Gasteiger partial charge >= 0.3 is 6.09 Å². The molecule has 30 heavy (non-hydrogen) atoms. The fraction of sp³-hybridized carbons (Fsp3) is 0.167. The van der Waals surface area contributed by atoms with Crippen molar-refractivity contribution in [3.63, 3.8) is 0 Å². The number of nitrogens with one attached hydrogen (secondary N) is 1. The summed E-state index contributed by atoms with van der Waals surface area (Å²) in [6, 6.07) is 22.4. The quantitative estimate of drug-likeness (QED) is 0.627. The van der Waals surface area contributed by atoms with Crippen LogP contribution >= 0.6 is 0 Å². The van der Waals surface area contributed by atoms with E-state index >= 15 is 0 Å². The summed E-state index contributed by atoms with van der Waals surface area (Å²) in [5.74, 6) is -0.263. The lowest BCUT2D eigenvalue weighted by atomic mass is 9.98. The highest BCUT2D eigenvalue weighted by molar-refractivity contribution is 5.93. The van der Waals surface area contributed by atoms with Crippen molar-refractivity contribution in [3.05, 3.63) is 83.9 Å². The van der Waals surface area contributed by atoms with Gasteiger partial charge in [-0.1, -0.05) is 48.5 Å². The normalized spacial score (nSPS) is 12.0. The minimum absolute atomic E-state index is 0.0272. The Kier molecular flexibility index (Phi) is 5.39. The number of anilines is 1. The van der Waals surface area contributed by atoms with Crippen LogP contribution in [0, 0.1) is 0 Å². The number of phenols is 1. The van der Waals surface area contributed by atoms with E-state index in [1.165, 1.54) is 24.1 Å². The molecule has 6 heteroatoms. The second-order valence-electron chi connectivity index (χ2n) is 7.26. The molecule has 3 aromatic rings. The zero-order valence-electron chi connectivity index (χ0n) is 16.5. The number of hydrogen-bond acceptors (Lipinski definition) is 4. The van der Waals surface area contributed by atoms with Crippen LogP contribution in [-0.2, 0) is 9.53 Å². The van der Waals surface area contributed by atoms with E-state index in [-0.39, 0.29) is 30.7 Å². The standard InChI is InChI=1S/C24H22N2O4/c1-26(14-23(28)25-16-10-12-17(27)13-11-16)24(29)30-15-22-20-8-4-2-6-18(20)19-7-3-5-9-21(19)22/h2-13,22,27H,14-15H2,1H3,(H,25,28). The third-order valence-electron chi connectivity index (χ3n) is 5.18. The average Bonchev–Trinajstić information content (AvgIpc) is 3.07. The number of carbonyl (C=O) groups excluding carboxylic acids is 2. The van der Waals surface area contributed by atoms with Crippen molar-refractivity contribution in [3.8, 4) is 16.9 Å². The van der Waals surface area contributed by atoms with E-state index in [0.717, 1.165) is 22.3 Å². The number of benzene rings is 3. The van der Waals surface area contributed by atoms with Gasteiger partial charge in [0, 0.05) is 18.7 Å². The largest absolute Gasteiger partial charge is 0.508 e. The lowest BCUT2D eigenvalue weighted by Gasteiger charge is -2.19. The zero-order chi connectivity index (χ0) is 21.1. The van der Waals surface area contributed by atoms with Crippen molar-refractivity contribution < 1.29 is 19.4 Å². The molecule has 0 aromatic heterocycles. The van der Waals surface area contributed by atoms with Gasteiger partial charge in [-0.05, 0) is 46.5 Å². The third kappa shape index (κ3) is 3.98. The second kappa shape index (κ2) is 8.29. The molecule has 1 aliphatic rings. The number of phenolic OH excluding ortho intramolecular Hbond substituents is 1. The SMILES string of the molecule is CN(CC(=O)Nc1ccc(O)cc1)C(=O)OCC1c2ccccc2-c2ccccc21. The maximum absolute atomic E-state index is 12.4. The Balaban J connectivity index is 1.36. The first-order chi connectivity index (χ1) is 14.5. The van der Waals surface area contributed by atoms with Crippen LogP contribution in [0.25, 0.3) is 11.1 Å². The van der Waals surface area contributed by atoms with Gasteiger partial charge in [-0.25, -0.2) is 4.79 Å². The monoisotopic (exact) mass is 402 g/mol. The molecule has 0 saturated heterocycles. The Bertz CT molecular complexity index is 1030. The topological polar surface area (TPSA) is 78.9 Å². The zero-order valence-corrected chi connectivity index (χ0v) is 16.5. The summed E-state index contributed by atoms with van der Waals surface area (Å²) in [4.78, 5) is 25.9. The first kappa shape index (κ1) is 19.5. The van der Waals surface area contributed by atoms with Gasteiger partial charge in [0.2, 0.25) is 5.91 Å². The van der Waals surface area contributed by atoms with Gasteiger partial charge in [-0.15, -0.1) is 0 Å². The Hall–Kier alpha value is -3.80. The van der Waals surface area contributed by atoms with E-state index in [1.807, 2.05) is 24.3 Å². The highest BCUT2D eigenvalue weighted by atomic mass is 16.6. The first-order valence-corrected chi connectivity index (χ1v) is 9.68. The summed E-state index contributed by atoms with van der Waals surface area (Å²) in [5.41, 5.74) is 5.14. The van der Waals surface area contributed by atoms with Crippen LogP contribution in [0.5, 0.6) is 5.75 Å². The molecule has 0 unspecified atom stereocenters. The number of ether oxygens (including phenoxy) is 1. The summed E-state index contributed by atoms with van der Waals surface area (Å²) in [6.07, 6.45) is -0.558. The lowest BCUT2D eigenvalue weighted by Crippen LogP contribution is -2.35. The van der Waals surface area contributed by atoms with E-state index in [2.05, 4.69) is 29.6 Å². The number of carbonyl (C=O) groups is 2. The lowest BCUT2D eigenvalue weighted by molar-refractivity contribution is -0.116. The fourth-order valence-electron chi connectivity index (χ4n) is 3.73. The van der Waals surface area contributed by atoms with Gasteiger partial charge in [0.25, 0.3) is 0 Å². The first-order valence-electron chi connectivity index (χ1n) is 9.68. The summed E-state index contributed by atoms with van der Waals surface area (Å²) >= 11 is 0. The molecule has 0 heterocycles. The molecule has 0 atom stereocenters. The molecule has 0 radical (unpaired) electrons. The molecular formula is C24H22N2O4. The molecule has 1 aliphatic carbocycles. The average molecular weight is 402 g/mol. The van der Waals surface area contributed by atoms with Crippen LogP contribution in [0.3, 0.4) is 0 Å². The van der Waals surface area contributed by atoms with E-state index in [1.54, 1.807) is 12.1 Å². The minimum atomic E-state index is -0.558. The second-order valence-corrected chi connectivity index (χ2v) is 7.26. The molecule has 3 aromatic carbocycles. The molecule has 0 spiro atoms. The number of fused-ring (bicyclic) bond motifs is 3. The molecule has 152 valence electrons. The van der Waals surface area contributed by atoms with Gasteiger partial charge in [-0.3, -0.25) is 4.79 Å². The third-order valence-corrected chi connectivity index (χ3v) is 5.18. The van der Waals surface area contributed by atoms with Crippen LogP contribution < -0.4 is 5.32 Å². The van der Waals surface area contributed by atoms with E-state index < -0.39 is 6.09 Å². The van der Waals surface area contributed by atoms with Crippen molar-refractivity contribution in [2.24, 2.45) is 0 Å². The van der Waals surface area contributed by atoms with Gasteiger partial charge < -0.3 is 20.1 Å². The molecule has 4 rings (SSSR count).